The predicted octanol–water partition coefficient (Wildman–Crippen LogP) is 0.286. The van der Waals surface area contributed by atoms with Crippen molar-refractivity contribution in [2.45, 2.75) is 19.3 Å². The predicted molar refractivity (Wildman–Crippen MR) is 43.6 cm³/mol. The summed E-state index contributed by atoms with van der Waals surface area (Å²) in [5, 5.41) is 8.35. The fourth-order valence-electron chi connectivity index (χ4n) is 1.43. The van der Waals surface area contributed by atoms with Crippen molar-refractivity contribution in [1.29, 1.82) is 0 Å². The van der Waals surface area contributed by atoms with Gasteiger partial charge in [-0.15, -0.1) is 0 Å². The van der Waals surface area contributed by atoms with Crippen molar-refractivity contribution in [2.75, 3.05) is 11.5 Å². The van der Waals surface area contributed by atoms with E-state index in [1.54, 1.807) is 0 Å². The van der Waals surface area contributed by atoms with E-state index in [1.165, 1.54) is 0 Å². The first-order valence-electron chi connectivity index (χ1n) is 3.92. The van der Waals surface area contributed by atoms with Crippen LogP contribution in [0, 0.1) is 5.92 Å². The van der Waals surface area contributed by atoms with Crippen molar-refractivity contribution in [3.05, 3.63) is 0 Å². The van der Waals surface area contributed by atoms with Crippen LogP contribution in [0.2, 0.25) is 0 Å². The molecule has 0 spiro atoms. The molecule has 1 N–H and O–H groups in total. The van der Waals surface area contributed by atoms with E-state index >= 15 is 0 Å². The first kappa shape index (κ1) is 9.51. The standard InChI is InChI=1S/C7H12O4S/c8-7(9)2-1-6-3-4-12(10,11)5-6/h6H,1-5H2,(H,8,9)/t6-/m0/s1. The molecular formula is C7H12O4S. The average Bonchev–Trinajstić information content (AvgIpc) is 2.26. The van der Waals surface area contributed by atoms with Gasteiger partial charge in [0.15, 0.2) is 9.84 Å². The summed E-state index contributed by atoms with van der Waals surface area (Å²) in [7, 11) is -2.84. The van der Waals surface area contributed by atoms with Gasteiger partial charge < -0.3 is 5.11 Å². The van der Waals surface area contributed by atoms with Gasteiger partial charge in [0.1, 0.15) is 0 Å². The molecule has 1 rings (SSSR count). The zero-order valence-electron chi connectivity index (χ0n) is 6.69. The molecule has 0 aromatic carbocycles. The van der Waals surface area contributed by atoms with Crippen molar-refractivity contribution < 1.29 is 18.3 Å². The van der Waals surface area contributed by atoms with Gasteiger partial charge in [0.2, 0.25) is 0 Å². The van der Waals surface area contributed by atoms with Crippen LogP contribution in [0.1, 0.15) is 19.3 Å². The van der Waals surface area contributed by atoms with Crippen LogP contribution < -0.4 is 0 Å². The summed E-state index contributed by atoms with van der Waals surface area (Å²) in [5.74, 6) is -0.359. The Morgan fingerprint density at radius 3 is 2.58 bits per heavy atom. The number of sulfone groups is 1. The third kappa shape index (κ3) is 2.81. The first-order chi connectivity index (χ1) is 5.49. The second-order valence-corrected chi connectivity index (χ2v) is 5.43. The van der Waals surface area contributed by atoms with E-state index < -0.39 is 15.8 Å². The van der Waals surface area contributed by atoms with Crippen molar-refractivity contribution in [3.63, 3.8) is 0 Å². The number of carbonyl (C=O) groups is 1. The van der Waals surface area contributed by atoms with Crippen LogP contribution in [0.25, 0.3) is 0 Å². The zero-order valence-corrected chi connectivity index (χ0v) is 7.51. The molecule has 5 heteroatoms. The highest BCUT2D eigenvalue weighted by molar-refractivity contribution is 7.91. The number of hydrogen-bond donors (Lipinski definition) is 1. The lowest BCUT2D eigenvalue weighted by Gasteiger charge is -2.02. The topological polar surface area (TPSA) is 71.4 Å². The van der Waals surface area contributed by atoms with Gasteiger partial charge in [0, 0.05) is 6.42 Å². The third-order valence-corrected chi connectivity index (χ3v) is 3.93. The molecule has 0 amide bonds. The van der Waals surface area contributed by atoms with Crippen molar-refractivity contribution in [3.8, 4) is 0 Å². The molecule has 0 bridgehead atoms. The van der Waals surface area contributed by atoms with E-state index in [4.69, 9.17) is 5.11 Å². The summed E-state index contributed by atoms with van der Waals surface area (Å²) in [4.78, 5) is 10.2. The molecule has 0 saturated carbocycles. The van der Waals surface area contributed by atoms with Gasteiger partial charge in [-0.1, -0.05) is 0 Å². The lowest BCUT2D eigenvalue weighted by molar-refractivity contribution is -0.137. The molecule has 0 aromatic heterocycles. The molecule has 1 heterocycles. The Bertz CT molecular complexity index is 267. The van der Waals surface area contributed by atoms with Crippen LogP contribution in [0.15, 0.2) is 0 Å². The Balaban J connectivity index is 2.34. The Labute approximate surface area is 71.5 Å². The summed E-state index contributed by atoms with van der Waals surface area (Å²) in [6.07, 6.45) is 1.21. The number of hydrogen-bond acceptors (Lipinski definition) is 3. The van der Waals surface area contributed by atoms with Gasteiger partial charge in [-0.3, -0.25) is 4.79 Å². The summed E-state index contributed by atoms with van der Waals surface area (Å²) in [6, 6.07) is 0. The van der Waals surface area contributed by atoms with Crippen LogP contribution in [-0.4, -0.2) is 31.0 Å². The van der Waals surface area contributed by atoms with Gasteiger partial charge >= 0.3 is 5.97 Å². The molecule has 4 nitrogen and oxygen atoms in total. The van der Waals surface area contributed by atoms with Crippen LogP contribution in [-0.2, 0) is 14.6 Å². The Morgan fingerprint density at radius 1 is 1.50 bits per heavy atom. The van der Waals surface area contributed by atoms with Crippen LogP contribution in [0.5, 0.6) is 0 Å². The minimum atomic E-state index is -2.84. The SMILES string of the molecule is O=C(O)CC[C@H]1CCS(=O)(=O)C1. The fourth-order valence-corrected chi connectivity index (χ4v) is 3.34. The smallest absolute Gasteiger partial charge is 0.303 e. The number of aliphatic carboxylic acids is 1. The number of rotatable bonds is 3. The van der Waals surface area contributed by atoms with Gasteiger partial charge in [-0.05, 0) is 18.8 Å². The summed E-state index contributed by atoms with van der Waals surface area (Å²) >= 11 is 0. The van der Waals surface area contributed by atoms with E-state index in [2.05, 4.69) is 0 Å². The Morgan fingerprint density at radius 2 is 2.17 bits per heavy atom. The fraction of sp³-hybridized carbons (Fsp3) is 0.857. The molecule has 1 aliphatic rings. The highest BCUT2D eigenvalue weighted by atomic mass is 32.2. The molecule has 0 unspecified atom stereocenters. The monoisotopic (exact) mass is 192 g/mol. The minimum Gasteiger partial charge on any atom is -0.481 e. The summed E-state index contributed by atoms with van der Waals surface area (Å²) in [6.45, 7) is 0. The molecule has 1 fully saturated rings. The molecule has 12 heavy (non-hydrogen) atoms. The summed E-state index contributed by atoms with van der Waals surface area (Å²) in [5.41, 5.74) is 0. The maximum Gasteiger partial charge on any atom is 0.303 e. The Hall–Kier alpha value is -0.580. The van der Waals surface area contributed by atoms with Crippen LogP contribution in [0.4, 0.5) is 0 Å². The van der Waals surface area contributed by atoms with E-state index in [9.17, 15) is 13.2 Å². The van der Waals surface area contributed by atoms with Crippen LogP contribution >= 0.6 is 0 Å². The zero-order chi connectivity index (χ0) is 9.19. The Kier molecular flexibility index (Phi) is 2.72. The molecule has 1 saturated heterocycles. The number of carboxylic acid groups (broad SMARTS) is 1. The van der Waals surface area contributed by atoms with Crippen molar-refractivity contribution in [2.24, 2.45) is 5.92 Å². The number of carboxylic acids is 1. The highest BCUT2D eigenvalue weighted by Crippen LogP contribution is 2.22. The highest BCUT2D eigenvalue weighted by Gasteiger charge is 2.27. The van der Waals surface area contributed by atoms with Crippen LogP contribution in [0.3, 0.4) is 0 Å². The maximum atomic E-state index is 10.9. The van der Waals surface area contributed by atoms with E-state index in [-0.39, 0.29) is 23.8 Å². The molecule has 0 aliphatic carbocycles. The second kappa shape index (κ2) is 3.43. The molecule has 70 valence electrons. The van der Waals surface area contributed by atoms with Gasteiger partial charge in [0.05, 0.1) is 11.5 Å². The minimum absolute atomic E-state index is 0.0751. The maximum absolute atomic E-state index is 10.9. The average molecular weight is 192 g/mol. The van der Waals surface area contributed by atoms with E-state index in [0.717, 1.165) is 0 Å². The molecule has 0 radical (unpaired) electrons. The van der Waals surface area contributed by atoms with E-state index in [0.29, 0.717) is 12.8 Å². The normalized spacial score (nSPS) is 27.2. The molecule has 1 aliphatic heterocycles. The quantitative estimate of drug-likeness (QED) is 0.697. The van der Waals surface area contributed by atoms with E-state index in [1.807, 2.05) is 0 Å². The largest absolute Gasteiger partial charge is 0.481 e. The second-order valence-electron chi connectivity index (χ2n) is 3.20. The first-order valence-corrected chi connectivity index (χ1v) is 5.74. The van der Waals surface area contributed by atoms with Crippen molar-refractivity contribution >= 4 is 15.8 Å². The molecule has 1 atom stereocenters. The third-order valence-electron chi connectivity index (χ3n) is 2.09. The lowest BCUT2D eigenvalue weighted by Crippen LogP contribution is -2.06. The summed E-state index contributed by atoms with van der Waals surface area (Å²) < 4.78 is 21.9. The van der Waals surface area contributed by atoms with Crippen molar-refractivity contribution in [1.82, 2.24) is 0 Å². The lowest BCUT2D eigenvalue weighted by atomic mass is 10.0. The van der Waals surface area contributed by atoms with Gasteiger partial charge in [-0.25, -0.2) is 8.42 Å². The molecular weight excluding hydrogens is 180 g/mol. The van der Waals surface area contributed by atoms with Gasteiger partial charge in [0.25, 0.3) is 0 Å². The molecule has 0 aromatic rings. The van der Waals surface area contributed by atoms with Gasteiger partial charge in [-0.2, -0.15) is 0 Å².